The number of benzene rings is 2. The standard InChI is InChI=1S/C30H46/c1-3-5-7-9-11-13-15-17-27-19-23-29(24-20-27)30-25-21-28(22-26-30)18-16-14-12-10-8-6-4-2/h19-26H,3-18H2,1-2H3. The topological polar surface area (TPSA) is 0 Å². The monoisotopic (exact) mass is 406 g/mol. The minimum atomic E-state index is 1.23. The van der Waals surface area contributed by atoms with Crippen molar-refractivity contribution in [3.8, 4) is 11.1 Å². The van der Waals surface area contributed by atoms with Crippen LogP contribution in [0, 0.1) is 0 Å². The van der Waals surface area contributed by atoms with Crippen LogP contribution in [-0.4, -0.2) is 0 Å². The van der Waals surface area contributed by atoms with E-state index in [1.807, 2.05) is 0 Å². The van der Waals surface area contributed by atoms with E-state index in [9.17, 15) is 0 Å². The van der Waals surface area contributed by atoms with Crippen LogP contribution in [0.5, 0.6) is 0 Å². The first kappa shape index (κ1) is 24.7. The molecule has 0 radical (unpaired) electrons. The Kier molecular flexibility index (Phi) is 13.3. The van der Waals surface area contributed by atoms with Crippen LogP contribution < -0.4 is 0 Å². The van der Waals surface area contributed by atoms with Gasteiger partial charge in [0, 0.05) is 0 Å². The Balaban J connectivity index is 1.65. The Morgan fingerprint density at radius 2 is 0.667 bits per heavy atom. The van der Waals surface area contributed by atoms with E-state index in [1.165, 1.54) is 125 Å². The van der Waals surface area contributed by atoms with Gasteiger partial charge >= 0.3 is 0 Å². The summed E-state index contributed by atoms with van der Waals surface area (Å²) in [7, 11) is 0. The van der Waals surface area contributed by atoms with Gasteiger partial charge in [-0.25, -0.2) is 0 Å². The van der Waals surface area contributed by atoms with Crippen LogP contribution in [-0.2, 0) is 12.8 Å². The molecule has 0 aliphatic carbocycles. The summed E-state index contributed by atoms with van der Waals surface area (Å²) < 4.78 is 0. The highest BCUT2D eigenvalue weighted by Crippen LogP contribution is 2.22. The third kappa shape index (κ3) is 10.5. The van der Waals surface area contributed by atoms with E-state index >= 15 is 0 Å². The Morgan fingerprint density at radius 3 is 1.00 bits per heavy atom. The predicted octanol–water partition coefficient (Wildman–Crippen LogP) is 9.94. The van der Waals surface area contributed by atoms with Crippen molar-refractivity contribution >= 4 is 0 Å². The van der Waals surface area contributed by atoms with E-state index in [0.717, 1.165) is 0 Å². The zero-order chi connectivity index (χ0) is 21.3. The molecule has 30 heavy (non-hydrogen) atoms. The van der Waals surface area contributed by atoms with Gasteiger partial charge in [0.2, 0.25) is 0 Å². The number of rotatable bonds is 17. The van der Waals surface area contributed by atoms with Crippen molar-refractivity contribution in [2.45, 2.75) is 117 Å². The van der Waals surface area contributed by atoms with E-state index in [-0.39, 0.29) is 0 Å². The lowest BCUT2D eigenvalue weighted by Gasteiger charge is -2.07. The Hall–Kier alpha value is -1.56. The van der Waals surface area contributed by atoms with Gasteiger partial charge in [0.15, 0.2) is 0 Å². The molecule has 2 rings (SSSR count). The lowest BCUT2D eigenvalue weighted by Crippen LogP contribution is -1.88. The molecule has 0 heterocycles. The largest absolute Gasteiger partial charge is 0.0654 e. The highest BCUT2D eigenvalue weighted by Gasteiger charge is 2.01. The summed E-state index contributed by atoms with van der Waals surface area (Å²) in [5, 5.41) is 0. The maximum atomic E-state index is 2.33. The fraction of sp³-hybridized carbons (Fsp3) is 0.600. The van der Waals surface area contributed by atoms with E-state index < -0.39 is 0 Å². The molecule has 166 valence electrons. The van der Waals surface area contributed by atoms with Gasteiger partial charge in [0.05, 0.1) is 0 Å². The van der Waals surface area contributed by atoms with Crippen molar-refractivity contribution in [1.82, 2.24) is 0 Å². The molecule has 2 aromatic carbocycles. The van der Waals surface area contributed by atoms with Gasteiger partial charge in [-0.2, -0.15) is 0 Å². The van der Waals surface area contributed by atoms with Crippen molar-refractivity contribution in [2.24, 2.45) is 0 Å². The summed E-state index contributed by atoms with van der Waals surface area (Å²) in [6.07, 6.45) is 21.9. The third-order valence-electron chi connectivity index (χ3n) is 6.38. The summed E-state index contributed by atoms with van der Waals surface area (Å²) in [5.41, 5.74) is 5.67. The van der Waals surface area contributed by atoms with Gasteiger partial charge in [-0.3, -0.25) is 0 Å². The fourth-order valence-corrected chi connectivity index (χ4v) is 4.30. The van der Waals surface area contributed by atoms with Crippen LogP contribution in [0.1, 0.15) is 115 Å². The number of hydrogen-bond acceptors (Lipinski definition) is 0. The summed E-state index contributed by atoms with van der Waals surface area (Å²) >= 11 is 0. The second-order valence-corrected chi connectivity index (χ2v) is 9.14. The molecule has 0 amide bonds. The molecule has 0 bridgehead atoms. The van der Waals surface area contributed by atoms with Gasteiger partial charge in [0.1, 0.15) is 0 Å². The Labute approximate surface area is 187 Å². The first-order valence-electron chi connectivity index (χ1n) is 13.0. The molecule has 0 aliphatic rings. The summed E-state index contributed by atoms with van der Waals surface area (Å²) in [4.78, 5) is 0. The quantitative estimate of drug-likeness (QED) is 0.229. The van der Waals surface area contributed by atoms with Gasteiger partial charge in [-0.1, -0.05) is 139 Å². The van der Waals surface area contributed by atoms with Crippen LogP contribution in [0.4, 0.5) is 0 Å². The second-order valence-electron chi connectivity index (χ2n) is 9.14. The first-order valence-corrected chi connectivity index (χ1v) is 13.0. The normalized spacial score (nSPS) is 11.1. The molecule has 0 heteroatoms. The summed E-state index contributed by atoms with van der Waals surface area (Å²) in [5.74, 6) is 0. The molecular weight excluding hydrogens is 360 g/mol. The molecule has 0 N–H and O–H groups in total. The first-order chi connectivity index (χ1) is 14.8. The highest BCUT2D eigenvalue weighted by atomic mass is 14.1. The van der Waals surface area contributed by atoms with E-state index in [1.54, 1.807) is 0 Å². The van der Waals surface area contributed by atoms with Crippen molar-refractivity contribution in [1.29, 1.82) is 0 Å². The summed E-state index contributed by atoms with van der Waals surface area (Å²) in [6, 6.07) is 18.6. The predicted molar refractivity (Wildman–Crippen MR) is 135 cm³/mol. The maximum absolute atomic E-state index is 2.33. The molecule has 0 fully saturated rings. The minimum absolute atomic E-state index is 1.23. The lowest BCUT2D eigenvalue weighted by molar-refractivity contribution is 0.589. The second kappa shape index (κ2) is 16.2. The van der Waals surface area contributed by atoms with E-state index in [2.05, 4.69) is 62.4 Å². The third-order valence-corrected chi connectivity index (χ3v) is 6.38. The average Bonchev–Trinajstić information content (AvgIpc) is 2.79. The van der Waals surface area contributed by atoms with Crippen LogP contribution in [0.15, 0.2) is 48.5 Å². The van der Waals surface area contributed by atoms with E-state index in [0.29, 0.717) is 0 Å². The van der Waals surface area contributed by atoms with Crippen molar-refractivity contribution < 1.29 is 0 Å². The summed E-state index contributed by atoms with van der Waals surface area (Å²) in [6.45, 7) is 4.57. The van der Waals surface area contributed by atoms with Crippen molar-refractivity contribution in [3.63, 3.8) is 0 Å². The van der Waals surface area contributed by atoms with Crippen molar-refractivity contribution in [2.75, 3.05) is 0 Å². The fourth-order valence-electron chi connectivity index (χ4n) is 4.30. The molecule has 0 nitrogen and oxygen atoms in total. The van der Waals surface area contributed by atoms with Crippen LogP contribution in [0.3, 0.4) is 0 Å². The van der Waals surface area contributed by atoms with Crippen LogP contribution >= 0.6 is 0 Å². The Bertz CT molecular complexity index is 575. The molecule has 0 atom stereocenters. The molecule has 0 aliphatic heterocycles. The number of unbranched alkanes of at least 4 members (excludes halogenated alkanes) is 12. The smallest absolute Gasteiger partial charge is 0.0184 e. The van der Waals surface area contributed by atoms with Gasteiger partial charge < -0.3 is 0 Å². The van der Waals surface area contributed by atoms with Crippen molar-refractivity contribution in [3.05, 3.63) is 59.7 Å². The van der Waals surface area contributed by atoms with Gasteiger partial charge in [-0.05, 0) is 47.9 Å². The molecule has 0 unspecified atom stereocenters. The van der Waals surface area contributed by atoms with Gasteiger partial charge in [0.25, 0.3) is 0 Å². The SMILES string of the molecule is CCCCCCCCCc1ccc(-c2ccc(CCCCCCCCC)cc2)cc1. The highest BCUT2D eigenvalue weighted by molar-refractivity contribution is 5.63. The molecule has 0 saturated carbocycles. The van der Waals surface area contributed by atoms with E-state index in [4.69, 9.17) is 0 Å². The lowest BCUT2D eigenvalue weighted by atomic mass is 9.98. The number of hydrogen-bond donors (Lipinski definition) is 0. The number of aryl methyl sites for hydroxylation is 2. The molecule has 0 saturated heterocycles. The van der Waals surface area contributed by atoms with Crippen LogP contribution in [0.2, 0.25) is 0 Å². The average molecular weight is 407 g/mol. The maximum Gasteiger partial charge on any atom is -0.0184 e. The zero-order valence-corrected chi connectivity index (χ0v) is 19.9. The molecule has 0 spiro atoms. The zero-order valence-electron chi connectivity index (χ0n) is 19.9. The minimum Gasteiger partial charge on any atom is -0.0654 e. The molecule has 0 aromatic heterocycles. The molecule has 2 aromatic rings. The van der Waals surface area contributed by atoms with Crippen LogP contribution in [0.25, 0.3) is 11.1 Å². The van der Waals surface area contributed by atoms with Gasteiger partial charge in [-0.15, -0.1) is 0 Å². The Morgan fingerprint density at radius 1 is 0.367 bits per heavy atom. The molecular formula is C30H46.